The number of nitrogens with one attached hydrogen (secondary N) is 1. The second-order valence-corrected chi connectivity index (χ2v) is 9.83. The SMILES string of the molecule is CC(C)(C)c1ccc(C(=O)c2cccc(NC(=O)CSCc3ccc(Cl)cc3)c2)cc1. The normalized spacial score (nSPS) is 11.2. The summed E-state index contributed by atoms with van der Waals surface area (Å²) in [6.07, 6.45) is 0. The molecule has 0 radical (unpaired) electrons. The predicted molar refractivity (Wildman–Crippen MR) is 131 cm³/mol. The Labute approximate surface area is 193 Å². The van der Waals surface area contributed by atoms with Crippen LogP contribution in [0.15, 0.2) is 72.8 Å². The highest BCUT2D eigenvalue weighted by molar-refractivity contribution is 7.99. The highest BCUT2D eigenvalue weighted by atomic mass is 35.5. The van der Waals surface area contributed by atoms with Crippen LogP contribution < -0.4 is 5.32 Å². The monoisotopic (exact) mass is 451 g/mol. The van der Waals surface area contributed by atoms with E-state index in [9.17, 15) is 9.59 Å². The van der Waals surface area contributed by atoms with Crippen molar-refractivity contribution in [1.82, 2.24) is 0 Å². The smallest absolute Gasteiger partial charge is 0.234 e. The fraction of sp³-hybridized carbons (Fsp3) is 0.231. The summed E-state index contributed by atoms with van der Waals surface area (Å²) < 4.78 is 0. The lowest BCUT2D eigenvalue weighted by Crippen LogP contribution is -2.14. The average Bonchev–Trinajstić information content (AvgIpc) is 2.74. The molecule has 1 N–H and O–H groups in total. The van der Waals surface area contributed by atoms with Gasteiger partial charge in [-0.2, -0.15) is 0 Å². The molecule has 31 heavy (non-hydrogen) atoms. The Bertz CT molecular complexity index is 1050. The molecular formula is C26H26ClNO2S. The minimum Gasteiger partial charge on any atom is -0.325 e. The maximum atomic E-state index is 12.9. The van der Waals surface area contributed by atoms with Crippen LogP contribution in [0.2, 0.25) is 5.02 Å². The van der Waals surface area contributed by atoms with E-state index in [2.05, 4.69) is 26.1 Å². The van der Waals surface area contributed by atoms with Gasteiger partial charge in [-0.15, -0.1) is 11.8 Å². The fourth-order valence-corrected chi connectivity index (χ4v) is 3.98. The number of amides is 1. The summed E-state index contributed by atoms with van der Waals surface area (Å²) in [5, 5.41) is 3.58. The number of ketones is 1. The van der Waals surface area contributed by atoms with Crippen molar-refractivity contribution < 1.29 is 9.59 Å². The molecule has 3 nitrogen and oxygen atoms in total. The number of halogens is 1. The number of hydrogen-bond acceptors (Lipinski definition) is 3. The number of thioether (sulfide) groups is 1. The van der Waals surface area contributed by atoms with Gasteiger partial charge in [-0.1, -0.05) is 80.9 Å². The molecular weight excluding hydrogens is 426 g/mol. The molecule has 3 rings (SSSR count). The summed E-state index contributed by atoms with van der Waals surface area (Å²) in [7, 11) is 0. The van der Waals surface area contributed by atoms with Crippen LogP contribution in [0.4, 0.5) is 5.69 Å². The number of rotatable bonds is 7. The van der Waals surface area contributed by atoms with Crippen molar-refractivity contribution in [2.75, 3.05) is 11.1 Å². The summed E-state index contributed by atoms with van der Waals surface area (Å²) >= 11 is 7.42. The molecule has 0 aliphatic carbocycles. The lowest BCUT2D eigenvalue weighted by molar-refractivity contribution is -0.113. The molecule has 0 saturated heterocycles. The average molecular weight is 452 g/mol. The Kier molecular flexibility index (Phi) is 7.58. The molecule has 0 atom stereocenters. The van der Waals surface area contributed by atoms with Crippen molar-refractivity contribution in [2.24, 2.45) is 0 Å². The van der Waals surface area contributed by atoms with Gasteiger partial charge < -0.3 is 5.32 Å². The zero-order chi connectivity index (χ0) is 22.4. The molecule has 0 bridgehead atoms. The van der Waals surface area contributed by atoms with Crippen LogP contribution in [-0.4, -0.2) is 17.4 Å². The number of hydrogen-bond donors (Lipinski definition) is 1. The Morgan fingerprint density at radius 1 is 0.903 bits per heavy atom. The zero-order valence-electron chi connectivity index (χ0n) is 17.9. The van der Waals surface area contributed by atoms with Gasteiger partial charge in [0.05, 0.1) is 5.75 Å². The molecule has 0 heterocycles. The first-order valence-electron chi connectivity index (χ1n) is 10.1. The third kappa shape index (κ3) is 6.71. The number of benzene rings is 3. The third-order valence-electron chi connectivity index (χ3n) is 4.84. The predicted octanol–water partition coefficient (Wildman–Crippen LogP) is 6.74. The van der Waals surface area contributed by atoms with Gasteiger partial charge in [0.2, 0.25) is 5.91 Å². The third-order valence-corrected chi connectivity index (χ3v) is 6.09. The largest absolute Gasteiger partial charge is 0.325 e. The molecule has 0 aliphatic heterocycles. The van der Waals surface area contributed by atoms with E-state index in [1.54, 1.807) is 24.3 Å². The highest BCUT2D eigenvalue weighted by Crippen LogP contribution is 2.23. The van der Waals surface area contributed by atoms with E-state index in [1.165, 1.54) is 17.3 Å². The minimum atomic E-state index is -0.0990. The van der Waals surface area contributed by atoms with E-state index in [4.69, 9.17) is 11.6 Å². The van der Waals surface area contributed by atoms with E-state index in [0.717, 1.165) is 11.3 Å². The van der Waals surface area contributed by atoms with Gasteiger partial charge in [-0.05, 0) is 40.8 Å². The van der Waals surface area contributed by atoms with Gasteiger partial charge in [0.25, 0.3) is 0 Å². The number of anilines is 1. The Morgan fingerprint density at radius 2 is 1.58 bits per heavy atom. The van der Waals surface area contributed by atoms with Gasteiger partial charge in [0, 0.05) is 27.6 Å². The quantitative estimate of drug-likeness (QED) is 0.404. The Hall–Kier alpha value is -2.56. The van der Waals surface area contributed by atoms with Crippen molar-refractivity contribution in [3.05, 3.63) is 100 Å². The summed E-state index contributed by atoms with van der Waals surface area (Å²) in [5.74, 6) is 0.898. The molecule has 1 amide bonds. The van der Waals surface area contributed by atoms with Gasteiger partial charge in [-0.25, -0.2) is 0 Å². The van der Waals surface area contributed by atoms with Crippen LogP contribution in [-0.2, 0) is 16.0 Å². The lowest BCUT2D eigenvalue weighted by Gasteiger charge is -2.19. The van der Waals surface area contributed by atoms with Crippen LogP contribution in [0.3, 0.4) is 0 Å². The van der Waals surface area contributed by atoms with E-state index in [0.29, 0.717) is 27.6 Å². The standard InChI is InChI=1S/C26H26ClNO2S/c1-26(2,3)21-11-9-19(10-12-21)25(30)20-5-4-6-23(15-20)28-24(29)17-31-16-18-7-13-22(27)14-8-18/h4-15H,16-17H2,1-3H3,(H,28,29). The summed E-state index contributed by atoms with van der Waals surface area (Å²) in [5.41, 5.74) is 4.14. The van der Waals surface area contributed by atoms with Gasteiger partial charge in [0.15, 0.2) is 5.78 Å². The van der Waals surface area contributed by atoms with Crippen molar-refractivity contribution in [2.45, 2.75) is 31.9 Å². The highest BCUT2D eigenvalue weighted by Gasteiger charge is 2.15. The van der Waals surface area contributed by atoms with Gasteiger partial charge >= 0.3 is 0 Å². The van der Waals surface area contributed by atoms with Crippen LogP contribution in [0.25, 0.3) is 0 Å². The van der Waals surface area contributed by atoms with E-state index in [-0.39, 0.29) is 17.1 Å². The summed E-state index contributed by atoms with van der Waals surface area (Å²) in [6, 6.07) is 22.4. The molecule has 5 heteroatoms. The van der Waals surface area contributed by atoms with E-state index in [1.807, 2.05) is 48.5 Å². The minimum absolute atomic E-state index is 0.0390. The van der Waals surface area contributed by atoms with Crippen molar-refractivity contribution in [3.63, 3.8) is 0 Å². The molecule has 0 fully saturated rings. The van der Waals surface area contributed by atoms with Crippen LogP contribution in [0, 0.1) is 0 Å². The van der Waals surface area contributed by atoms with Crippen molar-refractivity contribution in [3.8, 4) is 0 Å². The maximum Gasteiger partial charge on any atom is 0.234 e. The first kappa shape index (κ1) is 23.1. The van der Waals surface area contributed by atoms with Gasteiger partial charge in [0.1, 0.15) is 0 Å². The zero-order valence-corrected chi connectivity index (χ0v) is 19.5. The Balaban J connectivity index is 1.58. The topological polar surface area (TPSA) is 46.2 Å². The van der Waals surface area contributed by atoms with Crippen molar-refractivity contribution >= 4 is 40.7 Å². The molecule has 0 aliphatic rings. The summed E-state index contributed by atoms with van der Waals surface area (Å²) in [6.45, 7) is 6.43. The molecule has 3 aromatic rings. The number of carbonyl (C=O) groups excluding carboxylic acids is 2. The van der Waals surface area contributed by atoms with Crippen LogP contribution in [0.5, 0.6) is 0 Å². The molecule has 0 unspecified atom stereocenters. The van der Waals surface area contributed by atoms with Crippen LogP contribution >= 0.6 is 23.4 Å². The first-order chi connectivity index (χ1) is 14.7. The fourth-order valence-electron chi connectivity index (χ4n) is 3.07. The van der Waals surface area contributed by atoms with Crippen molar-refractivity contribution in [1.29, 1.82) is 0 Å². The Morgan fingerprint density at radius 3 is 2.23 bits per heavy atom. The second kappa shape index (κ2) is 10.2. The number of carbonyl (C=O) groups is 2. The van der Waals surface area contributed by atoms with E-state index >= 15 is 0 Å². The second-order valence-electron chi connectivity index (χ2n) is 8.40. The molecule has 0 spiro atoms. The molecule has 0 saturated carbocycles. The molecule has 3 aromatic carbocycles. The molecule has 160 valence electrons. The molecule has 0 aromatic heterocycles. The maximum absolute atomic E-state index is 12.9. The van der Waals surface area contributed by atoms with E-state index < -0.39 is 0 Å². The first-order valence-corrected chi connectivity index (χ1v) is 11.6. The lowest BCUT2D eigenvalue weighted by atomic mass is 9.86. The van der Waals surface area contributed by atoms with Crippen LogP contribution in [0.1, 0.15) is 47.8 Å². The van der Waals surface area contributed by atoms with Gasteiger partial charge in [-0.3, -0.25) is 9.59 Å². The summed E-state index contributed by atoms with van der Waals surface area (Å²) in [4.78, 5) is 25.2.